The molecule has 0 amide bonds. The monoisotopic (exact) mass is 239 g/mol. The van der Waals surface area contributed by atoms with Gasteiger partial charge in [-0.1, -0.05) is 29.8 Å². The van der Waals surface area contributed by atoms with E-state index in [1.165, 1.54) is 11.1 Å². The molecule has 1 atom stereocenters. The Kier molecular flexibility index (Phi) is 4.11. The second-order valence-corrected chi connectivity index (χ2v) is 4.59. The number of Topliss-reactive ketones (excluding diaryl/α,β-unsaturated/α-hetero) is 1. The summed E-state index contributed by atoms with van der Waals surface area (Å²) in [6.45, 7) is 4.98. The fourth-order valence-corrected chi connectivity index (χ4v) is 2.15. The summed E-state index contributed by atoms with van der Waals surface area (Å²) in [5, 5.41) is 3.44. The van der Waals surface area contributed by atoms with Gasteiger partial charge in [-0.2, -0.15) is 0 Å². The van der Waals surface area contributed by atoms with E-state index in [-0.39, 0.29) is 17.9 Å². The van der Waals surface area contributed by atoms with Gasteiger partial charge in [-0.05, 0) is 19.4 Å². The first-order valence-electron chi connectivity index (χ1n) is 5.44. The molecule has 2 nitrogen and oxygen atoms in total. The normalized spacial score (nSPS) is 25.0. The third-order valence-corrected chi connectivity index (χ3v) is 3.16. The van der Waals surface area contributed by atoms with Gasteiger partial charge in [-0.3, -0.25) is 4.79 Å². The molecule has 1 saturated heterocycles. The van der Waals surface area contributed by atoms with Gasteiger partial charge in [0.05, 0.1) is 0 Å². The molecule has 1 aromatic carbocycles. The Morgan fingerprint density at radius 2 is 1.88 bits per heavy atom. The van der Waals surface area contributed by atoms with E-state index < -0.39 is 0 Å². The number of hydrogen-bond acceptors (Lipinski definition) is 2. The molecule has 1 aromatic rings. The summed E-state index contributed by atoms with van der Waals surface area (Å²) in [7, 11) is 0. The number of ketones is 1. The van der Waals surface area contributed by atoms with Crippen LogP contribution in [0.3, 0.4) is 0 Å². The summed E-state index contributed by atoms with van der Waals surface area (Å²) >= 11 is 0. The zero-order valence-electron chi connectivity index (χ0n) is 9.75. The molecule has 0 saturated carbocycles. The van der Waals surface area contributed by atoms with Crippen molar-refractivity contribution in [2.24, 2.45) is 0 Å². The maximum Gasteiger partial charge on any atom is 0.136 e. The maximum absolute atomic E-state index is 11.5. The van der Waals surface area contributed by atoms with Crippen LogP contribution in [-0.4, -0.2) is 12.3 Å². The highest BCUT2D eigenvalue weighted by atomic mass is 35.5. The Morgan fingerprint density at radius 1 is 1.25 bits per heavy atom. The lowest BCUT2D eigenvalue weighted by Crippen LogP contribution is -2.46. The van der Waals surface area contributed by atoms with E-state index in [1.54, 1.807) is 0 Å². The molecule has 3 heteroatoms. The predicted molar refractivity (Wildman–Crippen MR) is 68.0 cm³/mol. The van der Waals surface area contributed by atoms with E-state index in [0.717, 1.165) is 6.54 Å². The number of nitrogens with one attached hydrogen (secondary N) is 1. The van der Waals surface area contributed by atoms with Crippen molar-refractivity contribution in [3.05, 3.63) is 35.4 Å². The van der Waals surface area contributed by atoms with Crippen molar-refractivity contribution >= 4 is 18.2 Å². The molecule has 1 aliphatic rings. The maximum atomic E-state index is 11.5. The second-order valence-electron chi connectivity index (χ2n) is 4.59. The highest BCUT2D eigenvalue weighted by Crippen LogP contribution is 2.28. The molecule has 0 bridgehead atoms. The lowest BCUT2D eigenvalue weighted by molar-refractivity contribution is -0.122. The lowest BCUT2D eigenvalue weighted by atomic mass is 9.83. The number of benzene rings is 1. The van der Waals surface area contributed by atoms with Gasteiger partial charge in [0, 0.05) is 24.9 Å². The molecule has 2 rings (SSSR count). The van der Waals surface area contributed by atoms with E-state index in [9.17, 15) is 4.79 Å². The molecule has 88 valence electrons. The minimum absolute atomic E-state index is 0. The molecule has 1 heterocycles. The summed E-state index contributed by atoms with van der Waals surface area (Å²) in [5.74, 6) is 0.358. The van der Waals surface area contributed by atoms with Crippen LogP contribution in [0.2, 0.25) is 0 Å². The molecule has 0 aromatic heterocycles. The van der Waals surface area contributed by atoms with Crippen LogP contribution >= 0.6 is 12.4 Å². The minimum Gasteiger partial charge on any atom is -0.307 e. The van der Waals surface area contributed by atoms with Crippen LogP contribution in [-0.2, 0) is 10.3 Å². The standard InChI is InChI=1S/C13H17NO.ClH/c1-10-3-5-11(6-4-10)13(2)9-12(15)7-8-14-13;/h3-6,14H,7-9H2,1-2H3;1H. The number of hydrogen-bond donors (Lipinski definition) is 1. The summed E-state index contributed by atoms with van der Waals surface area (Å²) < 4.78 is 0. The van der Waals surface area contributed by atoms with Gasteiger partial charge in [0.25, 0.3) is 0 Å². The molecule has 0 spiro atoms. The van der Waals surface area contributed by atoms with Gasteiger partial charge in [-0.25, -0.2) is 0 Å². The highest BCUT2D eigenvalue weighted by molar-refractivity contribution is 5.85. The van der Waals surface area contributed by atoms with E-state index in [2.05, 4.69) is 43.4 Å². The topological polar surface area (TPSA) is 29.1 Å². The largest absolute Gasteiger partial charge is 0.307 e. The predicted octanol–water partition coefficient (Wildman–Crippen LogP) is 2.58. The number of aryl methyl sites for hydroxylation is 1. The zero-order valence-corrected chi connectivity index (χ0v) is 10.6. The number of halogens is 1. The number of carbonyl (C=O) groups excluding carboxylic acids is 1. The summed E-state index contributed by atoms with van der Waals surface area (Å²) in [6.07, 6.45) is 1.28. The Labute approximate surface area is 103 Å². The number of rotatable bonds is 1. The number of carbonyl (C=O) groups is 1. The minimum atomic E-state index is -0.164. The Bertz CT molecular complexity index is 374. The molecule has 1 aliphatic heterocycles. The van der Waals surface area contributed by atoms with Crippen molar-refractivity contribution < 1.29 is 4.79 Å². The smallest absolute Gasteiger partial charge is 0.136 e. The summed E-state index contributed by atoms with van der Waals surface area (Å²) in [4.78, 5) is 11.5. The molecule has 16 heavy (non-hydrogen) atoms. The summed E-state index contributed by atoms with van der Waals surface area (Å²) in [6, 6.07) is 8.42. The first-order valence-corrected chi connectivity index (χ1v) is 5.44. The SMILES string of the molecule is Cc1ccc(C2(C)CC(=O)CCN2)cc1.Cl. The zero-order chi connectivity index (χ0) is 10.9. The highest BCUT2D eigenvalue weighted by Gasteiger charge is 2.31. The number of piperidine rings is 1. The lowest BCUT2D eigenvalue weighted by Gasteiger charge is -2.34. The van der Waals surface area contributed by atoms with Crippen molar-refractivity contribution in [2.45, 2.75) is 32.2 Å². The van der Waals surface area contributed by atoms with E-state index in [1.807, 2.05) is 0 Å². The Hall–Kier alpha value is -0.860. The van der Waals surface area contributed by atoms with Crippen molar-refractivity contribution in [3.63, 3.8) is 0 Å². The van der Waals surface area contributed by atoms with Crippen LogP contribution in [0.25, 0.3) is 0 Å². The van der Waals surface area contributed by atoms with Crippen LogP contribution in [0, 0.1) is 6.92 Å². The molecular weight excluding hydrogens is 222 g/mol. The second kappa shape index (κ2) is 4.98. The van der Waals surface area contributed by atoms with Crippen LogP contribution in [0.4, 0.5) is 0 Å². The van der Waals surface area contributed by atoms with Gasteiger partial charge in [0.1, 0.15) is 5.78 Å². The van der Waals surface area contributed by atoms with Gasteiger partial charge in [-0.15, -0.1) is 12.4 Å². The van der Waals surface area contributed by atoms with Crippen molar-refractivity contribution in [1.82, 2.24) is 5.32 Å². The molecule has 1 fully saturated rings. The average molecular weight is 240 g/mol. The molecule has 1 unspecified atom stereocenters. The van der Waals surface area contributed by atoms with Crippen molar-refractivity contribution in [3.8, 4) is 0 Å². The Morgan fingerprint density at radius 3 is 2.44 bits per heavy atom. The van der Waals surface area contributed by atoms with Gasteiger partial charge in [0.2, 0.25) is 0 Å². The van der Waals surface area contributed by atoms with Crippen LogP contribution in [0.5, 0.6) is 0 Å². The third-order valence-electron chi connectivity index (χ3n) is 3.16. The van der Waals surface area contributed by atoms with Crippen LogP contribution < -0.4 is 5.32 Å². The van der Waals surface area contributed by atoms with Gasteiger partial charge in [0.15, 0.2) is 0 Å². The first kappa shape index (κ1) is 13.2. The Balaban J connectivity index is 0.00000128. The quantitative estimate of drug-likeness (QED) is 0.816. The van der Waals surface area contributed by atoms with E-state index in [0.29, 0.717) is 18.6 Å². The van der Waals surface area contributed by atoms with Crippen LogP contribution in [0.15, 0.2) is 24.3 Å². The first-order chi connectivity index (χ1) is 7.10. The average Bonchev–Trinajstić information content (AvgIpc) is 2.18. The fourth-order valence-electron chi connectivity index (χ4n) is 2.15. The molecule has 0 aliphatic carbocycles. The van der Waals surface area contributed by atoms with Gasteiger partial charge >= 0.3 is 0 Å². The van der Waals surface area contributed by atoms with E-state index in [4.69, 9.17) is 0 Å². The van der Waals surface area contributed by atoms with Crippen LogP contribution in [0.1, 0.15) is 30.9 Å². The third kappa shape index (κ3) is 2.63. The molecule has 0 radical (unpaired) electrons. The van der Waals surface area contributed by atoms with Crippen molar-refractivity contribution in [1.29, 1.82) is 0 Å². The summed E-state index contributed by atoms with van der Waals surface area (Å²) in [5.41, 5.74) is 2.30. The fraction of sp³-hybridized carbons (Fsp3) is 0.462. The molecular formula is C13H18ClNO. The van der Waals surface area contributed by atoms with Crippen molar-refractivity contribution in [2.75, 3.05) is 6.54 Å². The van der Waals surface area contributed by atoms with Gasteiger partial charge < -0.3 is 5.32 Å². The van der Waals surface area contributed by atoms with E-state index >= 15 is 0 Å². The molecule has 1 N–H and O–H groups in total.